The van der Waals surface area contributed by atoms with E-state index in [2.05, 4.69) is 19.2 Å². The van der Waals surface area contributed by atoms with Crippen molar-refractivity contribution in [3.05, 3.63) is 12.2 Å². The van der Waals surface area contributed by atoms with Gasteiger partial charge in [0.15, 0.2) is 0 Å². The Morgan fingerprint density at radius 3 is 1.48 bits per heavy atom. The molecule has 0 saturated heterocycles. The van der Waals surface area contributed by atoms with Gasteiger partial charge in [-0.25, -0.2) is 4.57 Å². The predicted molar refractivity (Wildman–Crippen MR) is 203 cm³/mol. The van der Waals surface area contributed by atoms with E-state index in [1.807, 2.05) is 6.08 Å². The first-order valence-corrected chi connectivity index (χ1v) is 21.8. The van der Waals surface area contributed by atoms with Crippen molar-refractivity contribution in [3.63, 3.8) is 0 Å². The largest absolute Gasteiger partial charge is 0.472 e. The lowest BCUT2D eigenvalue weighted by Gasteiger charge is -2.23. The summed E-state index contributed by atoms with van der Waals surface area (Å²) < 4.78 is 22.1. The van der Waals surface area contributed by atoms with E-state index in [0.717, 1.165) is 38.5 Å². The summed E-state index contributed by atoms with van der Waals surface area (Å²) in [7, 11) is -4.33. The third-order valence-electron chi connectivity index (χ3n) is 9.11. The van der Waals surface area contributed by atoms with Crippen molar-refractivity contribution in [1.29, 1.82) is 0 Å². The van der Waals surface area contributed by atoms with Crippen LogP contribution in [-0.2, 0) is 18.4 Å². The Labute approximate surface area is 296 Å². The van der Waals surface area contributed by atoms with Gasteiger partial charge in [-0.05, 0) is 19.3 Å². The van der Waals surface area contributed by atoms with E-state index in [0.29, 0.717) is 6.42 Å². The molecule has 0 bridgehead atoms. The van der Waals surface area contributed by atoms with Crippen molar-refractivity contribution in [2.45, 2.75) is 212 Å². The molecule has 0 fully saturated rings. The number of amides is 1. The van der Waals surface area contributed by atoms with Gasteiger partial charge < -0.3 is 21.1 Å². The van der Waals surface area contributed by atoms with Gasteiger partial charge in [-0.1, -0.05) is 187 Å². The second-order valence-corrected chi connectivity index (χ2v) is 15.3. The zero-order chi connectivity index (χ0) is 35.4. The van der Waals surface area contributed by atoms with Gasteiger partial charge in [-0.2, -0.15) is 0 Å². The standard InChI is InChI=1S/C39H79N2O6P/c1-3-5-7-9-11-13-15-17-18-19-20-21-22-24-26-28-30-32-38(42)37(36-47-48(44,45)46-35-34-40)41-39(43)33-31-29-27-25-23-16-14-12-10-8-6-4-2/h30,32,37-38,42H,3-29,31,33-36,40H2,1-2H3,(H,41,43)(H,44,45)/b32-30+/t37-,38+/m0/s1. The maximum absolute atomic E-state index is 12.7. The average molecular weight is 703 g/mol. The molecule has 3 atom stereocenters. The summed E-state index contributed by atoms with van der Waals surface area (Å²) in [6.07, 6.45) is 38.2. The number of carbonyl (C=O) groups excluding carboxylic acids is 1. The van der Waals surface area contributed by atoms with Gasteiger partial charge in [-0.15, -0.1) is 0 Å². The third-order valence-corrected chi connectivity index (χ3v) is 10.1. The van der Waals surface area contributed by atoms with E-state index >= 15 is 0 Å². The highest BCUT2D eigenvalue weighted by Gasteiger charge is 2.26. The highest BCUT2D eigenvalue weighted by Crippen LogP contribution is 2.43. The zero-order valence-corrected chi connectivity index (χ0v) is 32.4. The smallest absolute Gasteiger partial charge is 0.387 e. The molecule has 0 aromatic carbocycles. The van der Waals surface area contributed by atoms with Crippen molar-refractivity contribution in [3.8, 4) is 0 Å². The van der Waals surface area contributed by atoms with Crippen molar-refractivity contribution in [1.82, 2.24) is 5.32 Å². The quantitative estimate of drug-likeness (QED) is 0.0286. The Morgan fingerprint density at radius 2 is 1.06 bits per heavy atom. The van der Waals surface area contributed by atoms with Crippen LogP contribution >= 0.6 is 7.82 Å². The van der Waals surface area contributed by atoms with Crippen LogP contribution < -0.4 is 11.1 Å². The van der Waals surface area contributed by atoms with Crippen molar-refractivity contribution < 1.29 is 28.4 Å². The summed E-state index contributed by atoms with van der Waals surface area (Å²) >= 11 is 0. The number of allylic oxidation sites excluding steroid dienone is 1. The molecule has 0 aromatic heterocycles. The first-order chi connectivity index (χ1) is 23.4. The molecule has 5 N–H and O–H groups in total. The van der Waals surface area contributed by atoms with Crippen LogP contribution in [-0.4, -0.2) is 47.8 Å². The van der Waals surface area contributed by atoms with Crippen LogP contribution in [0.1, 0.15) is 200 Å². The number of nitrogens with one attached hydrogen (secondary N) is 1. The van der Waals surface area contributed by atoms with E-state index in [-0.39, 0.29) is 25.7 Å². The van der Waals surface area contributed by atoms with Crippen molar-refractivity contribution in [2.75, 3.05) is 19.8 Å². The lowest BCUT2D eigenvalue weighted by Crippen LogP contribution is -2.45. The van der Waals surface area contributed by atoms with Gasteiger partial charge in [0.05, 0.1) is 25.4 Å². The number of carbonyl (C=O) groups is 1. The van der Waals surface area contributed by atoms with Crippen LogP contribution in [0.2, 0.25) is 0 Å². The maximum atomic E-state index is 12.7. The molecule has 1 amide bonds. The molecule has 0 aliphatic carbocycles. The molecule has 0 aromatic rings. The Bertz CT molecular complexity index is 769. The van der Waals surface area contributed by atoms with Crippen LogP contribution in [0.5, 0.6) is 0 Å². The maximum Gasteiger partial charge on any atom is 0.472 e. The number of phosphoric ester groups is 1. The highest BCUT2D eigenvalue weighted by molar-refractivity contribution is 7.47. The predicted octanol–water partition coefficient (Wildman–Crippen LogP) is 10.8. The second kappa shape index (κ2) is 36.0. The summed E-state index contributed by atoms with van der Waals surface area (Å²) in [6, 6.07) is -0.853. The fourth-order valence-corrected chi connectivity index (χ4v) is 6.77. The molecule has 0 aliphatic heterocycles. The minimum Gasteiger partial charge on any atom is -0.387 e. The molecule has 8 nitrogen and oxygen atoms in total. The van der Waals surface area contributed by atoms with Crippen LogP contribution in [0, 0.1) is 0 Å². The van der Waals surface area contributed by atoms with E-state index in [1.165, 1.54) is 141 Å². The van der Waals surface area contributed by atoms with Gasteiger partial charge in [0.2, 0.25) is 5.91 Å². The van der Waals surface area contributed by atoms with E-state index in [9.17, 15) is 19.4 Å². The number of nitrogens with two attached hydrogens (primary N) is 1. The van der Waals surface area contributed by atoms with Gasteiger partial charge in [0.1, 0.15) is 0 Å². The van der Waals surface area contributed by atoms with Crippen LogP contribution in [0.25, 0.3) is 0 Å². The number of unbranched alkanes of at least 4 members (excludes halogenated alkanes) is 26. The summed E-state index contributed by atoms with van der Waals surface area (Å²) in [5, 5.41) is 13.6. The molecule has 0 aliphatic rings. The molecule has 0 rings (SSSR count). The van der Waals surface area contributed by atoms with Crippen molar-refractivity contribution >= 4 is 13.7 Å². The van der Waals surface area contributed by atoms with E-state index < -0.39 is 20.0 Å². The molecule has 9 heteroatoms. The van der Waals surface area contributed by atoms with Gasteiger partial charge in [0, 0.05) is 13.0 Å². The lowest BCUT2D eigenvalue weighted by molar-refractivity contribution is -0.123. The zero-order valence-electron chi connectivity index (χ0n) is 31.5. The Hall–Kier alpha value is -0.760. The third kappa shape index (κ3) is 33.7. The SMILES string of the molecule is CCCCCCCCCCCCCCCCC/C=C/[C@@H](O)[C@H](COP(=O)(O)OCCN)NC(=O)CCCCCCCCCCCCCC. The van der Waals surface area contributed by atoms with Crippen LogP contribution in [0.4, 0.5) is 0 Å². The molecular formula is C39H79N2O6P. The molecule has 0 heterocycles. The highest BCUT2D eigenvalue weighted by atomic mass is 31.2. The topological polar surface area (TPSA) is 131 Å². The summed E-state index contributed by atoms with van der Waals surface area (Å²) in [6.45, 7) is 4.14. The number of rotatable bonds is 38. The van der Waals surface area contributed by atoms with Crippen LogP contribution in [0.15, 0.2) is 12.2 Å². The first-order valence-electron chi connectivity index (χ1n) is 20.3. The Balaban J connectivity index is 4.24. The molecule has 1 unspecified atom stereocenters. The van der Waals surface area contributed by atoms with Gasteiger partial charge in [-0.3, -0.25) is 13.8 Å². The van der Waals surface area contributed by atoms with Crippen molar-refractivity contribution in [2.24, 2.45) is 5.73 Å². The number of hydrogen-bond donors (Lipinski definition) is 4. The Morgan fingerprint density at radius 1 is 0.667 bits per heavy atom. The number of hydrogen-bond acceptors (Lipinski definition) is 6. The molecule has 0 spiro atoms. The Kier molecular flexibility index (Phi) is 35.5. The fraction of sp³-hybridized carbons (Fsp3) is 0.923. The molecule has 0 saturated carbocycles. The fourth-order valence-electron chi connectivity index (χ4n) is 6.01. The monoisotopic (exact) mass is 703 g/mol. The van der Waals surface area contributed by atoms with Gasteiger partial charge in [0.25, 0.3) is 0 Å². The summed E-state index contributed by atoms with van der Waals surface area (Å²) in [5.41, 5.74) is 5.36. The van der Waals surface area contributed by atoms with Crippen LogP contribution in [0.3, 0.4) is 0 Å². The minimum atomic E-state index is -4.33. The summed E-state index contributed by atoms with van der Waals surface area (Å²) in [4.78, 5) is 22.6. The van der Waals surface area contributed by atoms with Gasteiger partial charge >= 0.3 is 7.82 Å². The van der Waals surface area contributed by atoms with E-state index in [1.54, 1.807) is 6.08 Å². The average Bonchev–Trinajstić information content (AvgIpc) is 3.07. The number of aliphatic hydroxyl groups excluding tert-OH is 1. The molecule has 0 radical (unpaired) electrons. The van der Waals surface area contributed by atoms with E-state index in [4.69, 9.17) is 14.8 Å². The second-order valence-electron chi connectivity index (χ2n) is 13.9. The number of aliphatic hydroxyl groups is 1. The number of phosphoric acid groups is 1. The summed E-state index contributed by atoms with van der Waals surface area (Å²) in [5.74, 6) is -0.193. The lowest BCUT2D eigenvalue weighted by atomic mass is 10.0. The first kappa shape index (κ1) is 47.2. The molecule has 286 valence electrons. The normalized spacial score (nSPS) is 14.4. The minimum absolute atomic E-state index is 0.0811. The molecular weight excluding hydrogens is 623 g/mol. The molecule has 48 heavy (non-hydrogen) atoms.